The SMILES string of the molecule is C=CCc1cc(/C=C2/SC(=O)N(Cc3ccc(Br)cc3)C2=O)cc(OCC)c1OC. The molecule has 2 amide bonds. The maximum Gasteiger partial charge on any atom is 0.293 e. The van der Waals surface area contributed by atoms with Gasteiger partial charge in [-0.15, -0.1) is 6.58 Å². The summed E-state index contributed by atoms with van der Waals surface area (Å²) < 4.78 is 12.2. The normalized spacial score (nSPS) is 15.0. The molecule has 1 saturated heterocycles. The molecule has 0 saturated carbocycles. The summed E-state index contributed by atoms with van der Waals surface area (Å²) >= 11 is 4.33. The molecule has 0 radical (unpaired) electrons. The quantitative estimate of drug-likeness (QED) is 0.346. The van der Waals surface area contributed by atoms with Gasteiger partial charge in [0, 0.05) is 10.0 Å². The third-order valence-electron chi connectivity index (χ3n) is 4.45. The van der Waals surface area contributed by atoms with Gasteiger partial charge in [0.15, 0.2) is 11.5 Å². The van der Waals surface area contributed by atoms with Crippen molar-refractivity contribution in [2.24, 2.45) is 0 Å². The van der Waals surface area contributed by atoms with E-state index in [-0.39, 0.29) is 17.7 Å². The number of hydrogen-bond donors (Lipinski definition) is 0. The Morgan fingerprint density at radius 2 is 1.93 bits per heavy atom. The largest absolute Gasteiger partial charge is 0.493 e. The first-order chi connectivity index (χ1) is 14.5. The summed E-state index contributed by atoms with van der Waals surface area (Å²) in [6.45, 7) is 6.41. The molecule has 0 unspecified atom stereocenters. The van der Waals surface area contributed by atoms with Crippen LogP contribution in [0.25, 0.3) is 6.08 Å². The standard InChI is InChI=1S/C23H22BrNO4S/c1-4-6-17-11-16(12-19(29-5-2)21(17)28-3)13-20-22(26)25(23(27)30-20)14-15-7-9-18(24)10-8-15/h4,7-13H,1,5-6,14H2,2-3H3/b20-13+. The van der Waals surface area contributed by atoms with Gasteiger partial charge in [-0.1, -0.05) is 34.1 Å². The molecule has 0 aromatic heterocycles. The number of ether oxygens (including phenoxy) is 2. The lowest BCUT2D eigenvalue weighted by atomic mass is 10.0. The highest BCUT2D eigenvalue weighted by atomic mass is 79.9. The summed E-state index contributed by atoms with van der Waals surface area (Å²) in [7, 11) is 1.59. The Kier molecular flexibility index (Phi) is 7.39. The van der Waals surface area contributed by atoms with Gasteiger partial charge in [0.1, 0.15) is 0 Å². The number of hydrogen-bond acceptors (Lipinski definition) is 5. The van der Waals surface area contributed by atoms with Crippen LogP contribution in [0.5, 0.6) is 11.5 Å². The summed E-state index contributed by atoms with van der Waals surface area (Å²) in [5.74, 6) is 0.948. The third kappa shape index (κ3) is 4.96. The highest BCUT2D eigenvalue weighted by molar-refractivity contribution is 9.10. The zero-order valence-corrected chi connectivity index (χ0v) is 19.2. The molecule has 1 fully saturated rings. The highest BCUT2D eigenvalue weighted by Gasteiger charge is 2.35. The van der Waals surface area contributed by atoms with Crippen molar-refractivity contribution in [1.82, 2.24) is 4.90 Å². The topological polar surface area (TPSA) is 55.8 Å². The monoisotopic (exact) mass is 487 g/mol. The number of halogens is 1. The van der Waals surface area contributed by atoms with E-state index in [1.165, 1.54) is 4.90 Å². The predicted octanol–water partition coefficient (Wildman–Crippen LogP) is 5.82. The maximum absolute atomic E-state index is 12.9. The van der Waals surface area contributed by atoms with Crippen molar-refractivity contribution in [2.75, 3.05) is 13.7 Å². The van der Waals surface area contributed by atoms with Crippen molar-refractivity contribution >= 4 is 44.9 Å². The van der Waals surface area contributed by atoms with E-state index >= 15 is 0 Å². The molecule has 1 heterocycles. The van der Waals surface area contributed by atoms with Crippen LogP contribution in [0.3, 0.4) is 0 Å². The minimum absolute atomic E-state index is 0.240. The fourth-order valence-electron chi connectivity index (χ4n) is 3.13. The second-order valence-electron chi connectivity index (χ2n) is 6.53. The van der Waals surface area contributed by atoms with Crippen LogP contribution in [0.4, 0.5) is 4.79 Å². The number of imide groups is 1. The Bertz CT molecular complexity index is 1000. The highest BCUT2D eigenvalue weighted by Crippen LogP contribution is 2.37. The molecule has 2 aromatic rings. The molecule has 0 spiro atoms. The first-order valence-electron chi connectivity index (χ1n) is 9.41. The van der Waals surface area contributed by atoms with E-state index < -0.39 is 0 Å². The van der Waals surface area contributed by atoms with Gasteiger partial charge < -0.3 is 9.47 Å². The van der Waals surface area contributed by atoms with Crippen LogP contribution in [0.15, 0.2) is 58.4 Å². The molecular formula is C23H22BrNO4S. The van der Waals surface area contributed by atoms with Gasteiger partial charge in [0.05, 0.1) is 25.2 Å². The van der Waals surface area contributed by atoms with E-state index in [1.54, 1.807) is 19.3 Å². The zero-order valence-electron chi connectivity index (χ0n) is 16.8. The Balaban J connectivity index is 1.90. The van der Waals surface area contributed by atoms with Crippen molar-refractivity contribution in [2.45, 2.75) is 19.9 Å². The number of allylic oxidation sites excluding steroid dienone is 1. The zero-order chi connectivity index (χ0) is 21.7. The van der Waals surface area contributed by atoms with Crippen molar-refractivity contribution in [3.05, 3.63) is 75.1 Å². The van der Waals surface area contributed by atoms with E-state index in [1.807, 2.05) is 43.3 Å². The number of thioether (sulfide) groups is 1. The van der Waals surface area contributed by atoms with Gasteiger partial charge in [0.25, 0.3) is 11.1 Å². The number of nitrogens with zero attached hydrogens (tertiary/aromatic N) is 1. The van der Waals surface area contributed by atoms with Crippen molar-refractivity contribution < 1.29 is 19.1 Å². The van der Waals surface area contributed by atoms with Crippen molar-refractivity contribution in [3.8, 4) is 11.5 Å². The number of methoxy groups -OCH3 is 1. The first kappa shape index (κ1) is 22.2. The molecule has 0 atom stereocenters. The summed E-state index contributed by atoms with van der Waals surface area (Å²) in [6.07, 6.45) is 4.10. The van der Waals surface area contributed by atoms with Gasteiger partial charge in [-0.05, 0) is 66.6 Å². The van der Waals surface area contributed by atoms with Gasteiger partial charge >= 0.3 is 0 Å². The van der Waals surface area contributed by atoms with Crippen LogP contribution in [-0.2, 0) is 17.8 Å². The Morgan fingerprint density at radius 1 is 1.20 bits per heavy atom. The smallest absolute Gasteiger partial charge is 0.293 e. The van der Waals surface area contributed by atoms with Crippen LogP contribution < -0.4 is 9.47 Å². The minimum Gasteiger partial charge on any atom is -0.493 e. The Hall–Kier alpha value is -2.51. The minimum atomic E-state index is -0.299. The Labute approximate surface area is 188 Å². The van der Waals surface area contributed by atoms with Crippen LogP contribution in [0.2, 0.25) is 0 Å². The van der Waals surface area contributed by atoms with Gasteiger partial charge in [-0.3, -0.25) is 14.5 Å². The van der Waals surface area contributed by atoms with E-state index in [2.05, 4.69) is 22.5 Å². The Morgan fingerprint density at radius 3 is 2.57 bits per heavy atom. The van der Waals surface area contributed by atoms with Crippen LogP contribution in [0.1, 0.15) is 23.6 Å². The molecule has 1 aliphatic heterocycles. The van der Waals surface area contributed by atoms with Gasteiger partial charge in [-0.2, -0.15) is 0 Å². The molecule has 30 heavy (non-hydrogen) atoms. The van der Waals surface area contributed by atoms with Crippen molar-refractivity contribution in [1.29, 1.82) is 0 Å². The van der Waals surface area contributed by atoms with E-state index in [0.717, 1.165) is 32.9 Å². The number of carbonyl (C=O) groups excluding carboxylic acids is 2. The fraction of sp³-hybridized carbons (Fsp3) is 0.217. The molecule has 0 N–H and O–H groups in total. The van der Waals surface area contributed by atoms with E-state index in [9.17, 15) is 9.59 Å². The van der Waals surface area contributed by atoms with Crippen LogP contribution >= 0.6 is 27.7 Å². The number of rotatable bonds is 8. The van der Waals surface area contributed by atoms with Crippen LogP contribution in [-0.4, -0.2) is 29.8 Å². The molecule has 2 aromatic carbocycles. The third-order valence-corrected chi connectivity index (χ3v) is 5.88. The summed E-state index contributed by atoms with van der Waals surface area (Å²) in [6, 6.07) is 11.3. The average molecular weight is 488 g/mol. The van der Waals surface area contributed by atoms with Gasteiger partial charge in [-0.25, -0.2) is 0 Å². The molecule has 3 rings (SSSR count). The summed E-state index contributed by atoms with van der Waals surface area (Å²) in [5, 5.41) is -0.279. The lowest BCUT2D eigenvalue weighted by molar-refractivity contribution is -0.123. The van der Waals surface area contributed by atoms with Crippen molar-refractivity contribution in [3.63, 3.8) is 0 Å². The number of benzene rings is 2. The maximum atomic E-state index is 12.9. The fourth-order valence-corrected chi connectivity index (χ4v) is 4.23. The van der Waals surface area contributed by atoms with Crippen LogP contribution in [0, 0.1) is 0 Å². The molecular weight excluding hydrogens is 466 g/mol. The number of amides is 2. The number of carbonyl (C=O) groups is 2. The van der Waals surface area contributed by atoms with E-state index in [4.69, 9.17) is 9.47 Å². The average Bonchev–Trinajstić information content (AvgIpc) is 2.97. The lowest BCUT2D eigenvalue weighted by Crippen LogP contribution is -2.27. The second-order valence-corrected chi connectivity index (χ2v) is 8.44. The van der Waals surface area contributed by atoms with E-state index in [0.29, 0.717) is 29.4 Å². The molecule has 5 nitrogen and oxygen atoms in total. The lowest BCUT2D eigenvalue weighted by Gasteiger charge is -2.14. The molecule has 7 heteroatoms. The van der Waals surface area contributed by atoms with Gasteiger partial charge in [0.2, 0.25) is 0 Å². The molecule has 0 bridgehead atoms. The summed E-state index contributed by atoms with van der Waals surface area (Å²) in [5.41, 5.74) is 2.56. The first-order valence-corrected chi connectivity index (χ1v) is 11.0. The molecule has 156 valence electrons. The summed E-state index contributed by atoms with van der Waals surface area (Å²) in [4.78, 5) is 27.0. The molecule has 1 aliphatic rings. The second kappa shape index (κ2) is 10.00. The molecule has 0 aliphatic carbocycles. The predicted molar refractivity (Wildman–Crippen MR) is 124 cm³/mol.